The van der Waals surface area contributed by atoms with E-state index in [9.17, 15) is 13.2 Å². The number of thioether (sulfide) groups is 1. The Labute approximate surface area is 186 Å². The molecule has 0 unspecified atom stereocenters. The summed E-state index contributed by atoms with van der Waals surface area (Å²) in [5, 5.41) is 3.61. The average Bonchev–Trinajstić information content (AvgIpc) is 3.20. The second kappa shape index (κ2) is 8.55. The van der Waals surface area contributed by atoms with E-state index in [4.69, 9.17) is 4.74 Å². The van der Waals surface area contributed by atoms with Crippen LogP contribution in [0, 0.1) is 13.8 Å². The molecule has 2 aliphatic heterocycles. The van der Waals surface area contributed by atoms with E-state index in [1.165, 1.54) is 11.8 Å². The van der Waals surface area contributed by atoms with Gasteiger partial charge in [0.1, 0.15) is 5.75 Å². The molecule has 2 heterocycles. The summed E-state index contributed by atoms with van der Waals surface area (Å²) in [6.45, 7) is 3.98. The van der Waals surface area contributed by atoms with Crippen LogP contribution in [0.25, 0.3) is 0 Å². The molecule has 7 nitrogen and oxygen atoms in total. The molecule has 2 aromatic carbocycles. The van der Waals surface area contributed by atoms with Crippen molar-refractivity contribution in [3.8, 4) is 5.75 Å². The van der Waals surface area contributed by atoms with Gasteiger partial charge in [-0.1, -0.05) is 36.0 Å². The summed E-state index contributed by atoms with van der Waals surface area (Å²) >= 11 is 1.31. The molecule has 2 aromatic rings. The van der Waals surface area contributed by atoms with Crippen molar-refractivity contribution in [1.29, 1.82) is 0 Å². The second-order valence-corrected chi connectivity index (χ2v) is 10.8. The number of nitrogens with zero attached hydrogens (tertiary/aromatic N) is 2. The van der Waals surface area contributed by atoms with Crippen LogP contribution in [0.2, 0.25) is 0 Å². The minimum absolute atomic E-state index is 0.0298. The van der Waals surface area contributed by atoms with Crippen molar-refractivity contribution in [2.75, 3.05) is 34.6 Å². The van der Waals surface area contributed by atoms with Crippen molar-refractivity contribution >= 4 is 44.0 Å². The van der Waals surface area contributed by atoms with Gasteiger partial charge in [-0.3, -0.25) is 9.79 Å². The van der Waals surface area contributed by atoms with Gasteiger partial charge < -0.3 is 15.0 Å². The average molecular weight is 460 g/mol. The Balaban J connectivity index is 1.54. The summed E-state index contributed by atoms with van der Waals surface area (Å²) in [6, 6.07) is 12.6. The number of aryl methyl sites for hydroxylation is 1. The highest BCUT2D eigenvalue weighted by molar-refractivity contribution is 8.14. The summed E-state index contributed by atoms with van der Waals surface area (Å²) < 4.78 is 29.9. The topological polar surface area (TPSA) is 88.1 Å². The third-order valence-electron chi connectivity index (χ3n) is 5.66. The van der Waals surface area contributed by atoms with Crippen LogP contribution in [0.3, 0.4) is 0 Å². The predicted octanol–water partition coefficient (Wildman–Crippen LogP) is 3.03. The lowest BCUT2D eigenvalue weighted by molar-refractivity contribution is -0.113. The molecule has 1 N–H and O–H groups in total. The Morgan fingerprint density at radius 3 is 2.74 bits per heavy atom. The second-order valence-electron chi connectivity index (χ2n) is 7.75. The number of hydrogen-bond acceptors (Lipinski definition) is 7. The first-order valence-electron chi connectivity index (χ1n) is 9.98. The standard InChI is InChI=1S/C22H25N3O4S2/c1-14-7-6-8-16(15(14)2)23-21(26)11-30-22-24-17-12-31(27,28)13-19(17)25(22)18-9-4-5-10-20(18)29-3/h4-10,17,19H,11-13H2,1-3H3,(H,23,26)/t17-,19-/m1/s1. The maximum atomic E-state index is 12.6. The minimum Gasteiger partial charge on any atom is -0.495 e. The number of carbonyl (C=O) groups excluding carboxylic acids is 1. The minimum atomic E-state index is -3.15. The van der Waals surface area contributed by atoms with Crippen molar-refractivity contribution in [3.05, 3.63) is 53.6 Å². The number of methoxy groups -OCH3 is 1. The molecule has 0 radical (unpaired) electrons. The van der Waals surface area contributed by atoms with E-state index in [0.29, 0.717) is 10.9 Å². The largest absolute Gasteiger partial charge is 0.495 e. The van der Waals surface area contributed by atoms with E-state index in [-0.39, 0.29) is 35.2 Å². The number of sulfone groups is 1. The van der Waals surface area contributed by atoms with E-state index in [1.54, 1.807) is 7.11 Å². The zero-order valence-corrected chi connectivity index (χ0v) is 19.3. The summed E-state index contributed by atoms with van der Waals surface area (Å²) in [5.74, 6) is 0.746. The first kappa shape index (κ1) is 21.7. The monoisotopic (exact) mass is 459 g/mol. The molecular weight excluding hydrogens is 434 g/mol. The van der Waals surface area contributed by atoms with E-state index in [2.05, 4.69) is 10.3 Å². The van der Waals surface area contributed by atoms with Gasteiger partial charge >= 0.3 is 0 Å². The predicted molar refractivity (Wildman–Crippen MR) is 126 cm³/mol. The quantitative estimate of drug-likeness (QED) is 0.740. The number of aliphatic imine (C=N–C) groups is 1. The first-order chi connectivity index (χ1) is 14.8. The van der Waals surface area contributed by atoms with Crippen LogP contribution in [0.1, 0.15) is 11.1 Å². The number of hydrogen-bond donors (Lipinski definition) is 1. The van der Waals surface area contributed by atoms with Crippen LogP contribution in [-0.2, 0) is 14.6 Å². The fourth-order valence-corrected chi connectivity index (χ4v) is 6.71. The Morgan fingerprint density at radius 2 is 1.97 bits per heavy atom. The molecule has 0 spiro atoms. The maximum Gasteiger partial charge on any atom is 0.234 e. The number of fused-ring (bicyclic) bond motifs is 1. The summed E-state index contributed by atoms with van der Waals surface area (Å²) in [6.07, 6.45) is 0. The lowest BCUT2D eigenvalue weighted by Crippen LogP contribution is -2.39. The fraction of sp³-hybridized carbons (Fsp3) is 0.364. The Hall–Kier alpha value is -2.52. The van der Waals surface area contributed by atoms with Crippen molar-refractivity contribution < 1.29 is 17.9 Å². The first-order valence-corrected chi connectivity index (χ1v) is 12.8. The normalized spacial score (nSPS) is 21.5. The summed E-state index contributed by atoms with van der Waals surface area (Å²) in [7, 11) is -1.57. The highest BCUT2D eigenvalue weighted by Crippen LogP contribution is 2.39. The van der Waals surface area contributed by atoms with Gasteiger partial charge in [0.15, 0.2) is 15.0 Å². The van der Waals surface area contributed by atoms with Gasteiger partial charge in [-0.2, -0.15) is 0 Å². The molecule has 164 valence electrons. The van der Waals surface area contributed by atoms with E-state index in [1.807, 2.05) is 61.2 Å². The van der Waals surface area contributed by atoms with Crippen LogP contribution in [0.4, 0.5) is 11.4 Å². The van der Waals surface area contributed by atoms with Gasteiger partial charge in [0.25, 0.3) is 0 Å². The highest BCUT2D eigenvalue weighted by Gasteiger charge is 2.47. The third-order valence-corrected chi connectivity index (χ3v) is 8.33. The fourth-order valence-electron chi connectivity index (χ4n) is 3.95. The van der Waals surface area contributed by atoms with Crippen molar-refractivity contribution in [2.45, 2.75) is 25.9 Å². The molecule has 9 heteroatoms. The van der Waals surface area contributed by atoms with Gasteiger partial charge in [-0.15, -0.1) is 0 Å². The molecule has 0 saturated carbocycles. The van der Waals surface area contributed by atoms with Crippen LogP contribution >= 0.6 is 11.8 Å². The molecule has 0 bridgehead atoms. The molecule has 4 rings (SSSR count). The Bertz CT molecular complexity index is 1150. The Morgan fingerprint density at radius 1 is 1.19 bits per heavy atom. The molecule has 1 saturated heterocycles. The van der Waals surface area contributed by atoms with Crippen molar-refractivity contribution in [3.63, 3.8) is 0 Å². The summed E-state index contributed by atoms with van der Waals surface area (Å²) in [5.41, 5.74) is 3.70. The zero-order chi connectivity index (χ0) is 22.2. The molecule has 31 heavy (non-hydrogen) atoms. The molecule has 1 fully saturated rings. The van der Waals surface area contributed by atoms with Crippen LogP contribution in [0.15, 0.2) is 47.5 Å². The smallest absolute Gasteiger partial charge is 0.234 e. The lowest BCUT2D eigenvalue weighted by atomic mass is 10.1. The molecular formula is C22H25N3O4S2. The van der Waals surface area contributed by atoms with E-state index >= 15 is 0 Å². The SMILES string of the molecule is COc1ccccc1N1C(SCC(=O)Nc2cccc(C)c2C)=N[C@@H]2CS(=O)(=O)C[C@H]21. The number of ether oxygens (including phenoxy) is 1. The summed E-state index contributed by atoms with van der Waals surface area (Å²) in [4.78, 5) is 19.2. The van der Waals surface area contributed by atoms with Crippen molar-refractivity contribution in [2.24, 2.45) is 4.99 Å². The highest BCUT2D eigenvalue weighted by atomic mass is 32.2. The number of anilines is 2. The maximum absolute atomic E-state index is 12.6. The Kier molecular flexibility index (Phi) is 5.98. The number of nitrogens with one attached hydrogen (secondary N) is 1. The van der Waals surface area contributed by atoms with Crippen molar-refractivity contribution in [1.82, 2.24) is 0 Å². The van der Waals surface area contributed by atoms with Crippen LogP contribution < -0.4 is 15.0 Å². The molecule has 0 aliphatic carbocycles. The molecule has 2 atom stereocenters. The van der Waals surface area contributed by atoms with Crippen LogP contribution in [0.5, 0.6) is 5.75 Å². The van der Waals surface area contributed by atoms with Gasteiger partial charge in [0.2, 0.25) is 5.91 Å². The zero-order valence-electron chi connectivity index (χ0n) is 17.7. The third kappa shape index (κ3) is 4.43. The number of para-hydroxylation sites is 2. The van der Waals surface area contributed by atoms with Gasteiger partial charge in [0, 0.05) is 5.69 Å². The van der Waals surface area contributed by atoms with E-state index < -0.39 is 9.84 Å². The molecule has 2 aliphatic rings. The van der Waals surface area contributed by atoms with Crippen LogP contribution in [-0.4, -0.2) is 55.9 Å². The van der Waals surface area contributed by atoms with Gasteiger partial charge in [-0.25, -0.2) is 8.42 Å². The number of rotatable bonds is 5. The number of carbonyl (C=O) groups is 1. The number of amidine groups is 1. The number of amides is 1. The lowest BCUT2D eigenvalue weighted by Gasteiger charge is -2.27. The van der Waals surface area contributed by atoms with Gasteiger partial charge in [0.05, 0.1) is 42.1 Å². The molecule has 1 amide bonds. The van der Waals surface area contributed by atoms with Gasteiger partial charge in [-0.05, 0) is 43.2 Å². The number of benzene rings is 2. The molecule has 0 aromatic heterocycles. The van der Waals surface area contributed by atoms with E-state index in [0.717, 1.165) is 22.5 Å².